The fourth-order valence-corrected chi connectivity index (χ4v) is 2.91. The number of rotatable bonds is 7. The first-order valence-corrected chi connectivity index (χ1v) is 7.22. The molecule has 0 saturated heterocycles. The second-order valence-electron chi connectivity index (χ2n) is 4.57. The smallest absolute Gasteiger partial charge is 0.304 e. The van der Waals surface area contributed by atoms with E-state index >= 15 is 0 Å². The highest BCUT2D eigenvalue weighted by Crippen LogP contribution is 2.29. The number of nitrogens with zero attached hydrogens (tertiary/aromatic N) is 1. The van der Waals surface area contributed by atoms with Crippen LogP contribution in [0.4, 0.5) is 0 Å². The number of carboxylic acids is 1. The van der Waals surface area contributed by atoms with Crippen molar-refractivity contribution in [1.82, 2.24) is 9.03 Å². The van der Waals surface area contributed by atoms with Crippen LogP contribution in [0.15, 0.2) is 0 Å². The Morgan fingerprint density at radius 3 is 2.53 bits per heavy atom. The van der Waals surface area contributed by atoms with Gasteiger partial charge in [-0.25, -0.2) is 0 Å². The summed E-state index contributed by atoms with van der Waals surface area (Å²) in [6, 6.07) is -0.0824. The average molecular weight is 264 g/mol. The van der Waals surface area contributed by atoms with E-state index in [-0.39, 0.29) is 19.0 Å². The van der Waals surface area contributed by atoms with Crippen molar-refractivity contribution in [2.45, 2.75) is 38.6 Å². The van der Waals surface area contributed by atoms with Gasteiger partial charge >= 0.3 is 5.97 Å². The van der Waals surface area contributed by atoms with Gasteiger partial charge in [-0.2, -0.15) is 17.4 Å². The fourth-order valence-electron chi connectivity index (χ4n) is 1.73. The van der Waals surface area contributed by atoms with Gasteiger partial charge in [-0.1, -0.05) is 6.42 Å². The maximum Gasteiger partial charge on any atom is 0.304 e. The molecule has 0 radical (unpaired) electrons. The maximum atomic E-state index is 11.8. The summed E-state index contributed by atoms with van der Waals surface area (Å²) in [5.41, 5.74) is 0. The Kier molecular flexibility index (Phi) is 4.91. The Bertz CT molecular complexity index is 365. The van der Waals surface area contributed by atoms with Crippen LogP contribution in [-0.4, -0.2) is 43.4 Å². The minimum absolute atomic E-state index is 0.0119. The lowest BCUT2D eigenvalue weighted by atomic mass is 9.81. The normalized spacial score (nSPS) is 19.0. The molecule has 100 valence electrons. The van der Waals surface area contributed by atoms with Crippen molar-refractivity contribution in [2.24, 2.45) is 5.92 Å². The maximum absolute atomic E-state index is 11.8. The van der Waals surface area contributed by atoms with E-state index in [9.17, 15) is 13.2 Å². The third-order valence-corrected chi connectivity index (χ3v) is 4.92. The Morgan fingerprint density at radius 1 is 1.53 bits per heavy atom. The average Bonchev–Trinajstić information content (AvgIpc) is 2.09. The summed E-state index contributed by atoms with van der Waals surface area (Å²) in [6.07, 6.45) is 3.09. The third-order valence-electron chi connectivity index (χ3n) is 3.24. The molecule has 1 fully saturated rings. The van der Waals surface area contributed by atoms with E-state index in [2.05, 4.69) is 4.72 Å². The minimum Gasteiger partial charge on any atom is -0.481 e. The zero-order valence-electron chi connectivity index (χ0n) is 10.2. The van der Waals surface area contributed by atoms with E-state index in [1.807, 2.05) is 6.92 Å². The van der Waals surface area contributed by atoms with Gasteiger partial charge in [-0.05, 0) is 25.7 Å². The highest BCUT2D eigenvalue weighted by molar-refractivity contribution is 7.87. The lowest BCUT2D eigenvalue weighted by molar-refractivity contribution is -0.137. The van der Waals surface area contributed by atoms with Crippen LogP contribution in [0.5, 0.6) is 0 Å². The Balaban J connectivity index is 2.45. The summed E-state index contributed by atoms with van der Waals surface area (Å²) in [6.45, 7) is 1.84. The topological polar surface area (TPSA) is 86.7 Å². The second kappa shape index (κ2) is 5.79. The van der Waals surface area contributed by atoms with Gasteiger partial charge in [-0.15, -0.1) is 0 Å². The number of carboxylic acid groups (broad SMARTS) is 1. The van der Waals surface area contributed by atoms with Crippen molar-refractivity contribution >= 4 is 16.2 Å². The van der Waals surface area contributed by atoms with Gasteiger partial charge in [0.1, 0.15) is 0 Å². The van der Waals surface area contributed by atoms with Crippen molar-refractivity contribution in [3.63, 3.8) is 0 Å². The zero-order chi connectivity index (χ0) is 13.1. The molecular weight excluding hydrogens is 244 g/mol. The molecule has 1 aliphatic rings. The summed E-state index contributed by atoms with van der Waals surface area (Å²) in [5, 5.41) is 8.50. The van der Waals surface area contributed by atoms with Crippen LogP contribution in [0.25, 0.3) is 0 Å². The third kappa shape index (κ3) is 4.25. The molecule has 1 aliphatic carbocycles. The van der Waals surface area contributed by atoms with Crippen molar-refractivity contribution < 1.29 is 18.3 Å². The predicted molar refractivity (Wildman–Crippen MR) is 63.7 cm³/mol. The molecule has 0 aromatic carbocycles. The summed E-state index contributed by atoms with van der Waals surface area (Å²) >= 11 is 0. The Hall–Kier alpha value is -0.660. The van der Waals surface area contributed by atoms with Crippen LogP contribution in [0.3, 0.4) is 0 Å². The van der Waals surface area contributed by atoms with E-state index in [1.165, 1.54) is 7.05 Å². The van der Waals surface area contributed by atoms with Crippen LogP contribution in [0.2, 0.25) is 0 Å². The number of carbonyl (C=O) groups is 1. The molecule has 1 saturated carbocycles. The van der Waals surface area contributed by atoms with Gasteiger partial charge in [0.25, 0.3) is 10.2 Å². The molecule has 0 aromatic rings. The molecule has 1 rings (SSSR count). The summed E-state index contributed by atoms with van der Waals surface area (Å²) in [7, 11) is -2.17. The van der Waals surface area contributed by atoms with Gasteiger partial charge < -0.3 is 5.11 Å². The van der Waals surface area contributed by atoms with Crippen LogP contribution >= 0.6 is 0 Å². The lowest BCUT2D eigenvalue weighted by Crippen LogP contribution is -2.47. The van der Waals surface area contributed by atoms with Gasteiger partial charge in [0.2, 0.25) is 0 Å². The highest BCUT2D eigenvalue weighted by atomic mass is 32.2. The lowest BCUT2D eigenvalue weighted by Gasteiger charge is -2.32. The second-order valence-corrected chi connectivity index (χ2v) is 6.38. The standard InChI is InChI=1S/C10H20N2O4S/c1-8(9-4-3-5-9)11-17(15,16)12(2)7-6-10(13)14/h8-9,11H,3-7H2,1-2H3,(H,13,14). The SMILES string of the molecule is CC(NS(=O)(=O)N(C)CCC(=O)O)C1CCC1. The molecule has 0 bridgehead atoms. The molecule has 1 atom stereocenters. The molecule has 0 amide bonds. The molecule has 7 heteroatoms. The van der Waals surface area contributed by atoms with Crippen molar-refractivity contribution in [3.8, 4) is 0 Å². The first kappa shape index (κ1) is 14.4. The Labute approximate surface area is 102 Å². The van der Waals surface area contributed by atoms with Gasteiger partial charge in [-0.3, -0.25) is 4.79 Å². The number of aliphatic carboxylic acids is 1. The van der Waals surface area contributed by atoms with Gasteiger partial charge in [0, 0.05) is 19.6 Å². The van der Waals surface area contributed by atoms with E-state index in [0.29, 0.717) is 5.92 Å². The summed E-state index contributed by atoms with van der Waals surface area (Å²) in [5.74, 6) is -0.586. The Morgan fingerprint density at radius 2 is 2.12 bits per heavy atom. The fraction of sp³-hybridized carbons (Fsp3) is 0.900. The van der Waals surface area contributed by atoms with Gasteiger partial charge in [0.15, 0.2) is 0 Å². The molecule has 1 unspecified atom stereocenters. The molecule has 0 aromatic heterocycles. The number of hydrogen-bond acceptors (Lipinski definition) is 3. The van der Waals surface area contributed by atoms with Crippen molar-refractivity contribution in [3.05, 3.63) is 0 Å². The summed E-state index contributed by atoms with van der Waals surface area (Å²) < 4.78 is 27.3. The van der Waals surface area contributed by atoms with E-state index < -0.39 is 16.2 Å². The summed E-state index contributed by atoms with van der Waals surface area (Å²) in [4.78, 5) is 10.4. The molecule has 0 heterocycles. The largest absolute Gasteiger partial charge is 0.481 e. The van der Waals surface area contributed by atoms with Crippen molar-refractivity contribution in [2.75, 3.05) is 13.6 Å². The molecule has 0 spiro atoms. The minimum atomic E-state index is -3.56. The zero-order valence-corrected chi connectivity index (χ0v) is 11.0. The van der Waals surface area contributed by atoms with Crippen LogP contribution in [0, 0.1) is 5.92 Å². The molecular formula is C10H20N2O4S. The quantitative estimate of drug-likeness (QED) is 0.697. The first-order valence-electron chi connectivity index (χ1n) is 5.78. The highest BCUT2D eigenvalue weighted by Gasteiger charge is 2.28. The number of nitrogens with one attached hydrogen (secondary N) is 1. The predicted octanol–water partition coefficient (Wildman–Crippen LogP) is 0.416. The van der Waals surface area contributed by atoms with E-state index in [0.717, 1.165) is 23.6 Å². The molecule has 0 aliphatic heterocycles. The molecule has 6 nitrogen and oxygen atoms in total. The molecule has 2 N–H and O–H groups in total. The van der Waals surface area contributed by atoms with E-state index in [1.54, 1.807) is 0 Å². The monoisotopic (exact) mass is 264 g/mol. The van der Waals surface area contributed by atoms with Crippen LogP contribution in [0.1, 0.15) is 32.6 Å². The van der Waals surface area contributed by atoms with Crippen LogP contribution < -0.4 is 4.72 Å². The number of hydrogen-bond donors (Lipinski definition) is 2. The molecule has 17 heavy (non-hydrogen) atoms. The van der Waals surface area contributed by atoms with Crippen molar-refractivity contribution in [1.29, 1.82) is 0 Å². The first-order chi connectivity index (χ1) is 7.83. The van der Waals surface area contributed by atoms with Crippen LogP contribution in [-0.2, 0) is 15.0 Å². The van der Waals surface area contributed by atoms with Gasteiger partial charge in [0.05, 0.1) is 6.42 Å². The van der Waals surface area contributed by atoms with E-state index in [4.69, 9.17) is 5.11 Å².